The molecule has 0 saturated heterocycles. The van der Waals surface area contributed by atoms with E-state index in [1.807, 2.05) is 13.0 Å². The highest BCUT2D eigenvalue weighted by atomic mass is 16.6. The number of benzene rings is 1. The first-order valence-corrected chi connectivity index (χ1v) is 10.5. The Bertz CT molecular complexity index is 1380. The van der Waals surface area contributed by atoms with Crippen LogP contribution in [0.4, 0.5) is 17.2 Å². The van der Waals surface area contributed by atoms with E-state index in [0.717, 1.165) is 37.9 Å². The highest BCUT2D eigenvalue weighted by Gasteiger charge is 2.25. The lowest BCUT2D eigenvalue weighted by atomic mass is 10.2. The van der Waals surface area contributed by atoms with Gasteiger partial charge in [0.2, 0.25) is 5.91 Å². The van der Waals surface area contributed by atoms with Gasteiger partial charge in [-0.2, -0.15) is 0 Å². The maximum Gasteiger partial charge on any atom is 0.330 e. The Morgan fingerprint density at radius 3 is 2.50 bits per heavy atom. The summed E-state index contributed by atoms with van der Waals surface area (Å²) in [6, 6.07) is 11.0. The van der Waals surface area contributed by atoms with Crippen LogP contribution in [0.15, 0.2) is 63.0 Å². The maximum absolute atomic E-state index is 13.2. The number of carbonyl (C=O) groups is 1. The molecule has 0 atom stereocenters. The van der Waals surface area contributed by atoms with E-state index in [1.54, 1.807) is 24.3 Å². The Morgan fingerprint density at radius 1 is 1.15 bits per heavy atom. The zero-order chi connectivity index (χ0) is 24.8. The lowest BCUT2D eigenvalue weighted by Crippen LogP contribution is -2.43. The van der Waals surface area contributed by atoms with Gasteiger partial charge in [0.15, 0.2) is 5.69 Å². The van der Waals surface area contributed by atoms with Gasteiger partial charge in [-0.1, -0.05) is 43.7 Å². The number of hydrogen-bond donors (Lipinski definition) is 2. The average molecular weight is 468 g/mol. The van der Waals surface area contributed by atoms with Crippen LogP contribution in [0.1, 0.15) is 25.3 Å². The molecule has 3 aromatic rings. The van der Waals surface area contributed by atoms with Crippen molar-refractivity contribution < 1.29 is 9.72 Å². The second-order valence-corrected chi connectivity index (χ2v) is 7.57. The standard InChI is InChI=1S/C22H24N6O6/c1-2-3-11-26(18(30)14-25-13-16(28(33)34)9-10-17(25)29)19-20(23)27(22(32)24-21(19)31)12-15-7-5-4-6-8-15/h4-10,13H,2-3,11-12,14,23H2,1H3,(H,24,31,32). The van der Waals surface area contributed by atoms with E-state index in [0.29, 0.717) is 12.8 Å². The number of nitrogens with zero attached hydrogens (tertiary/aromatic N) is 4. The number of unbranched alkanes of at least 4 members (excludes halogenated alkanes) is 1. The van der Waals surface area contributed by atoms with Crippen molar-refractivity contribution in [2.45, 2.75) is 32.9 Å². The predicted octanol–water partition coefficient (Wildman–Crippen LogP) is 1.07. The van der Waals surface area contributed by atoms with Gasteiger partial charge >= 0.3 is 5.69 Å². The molecule has 2 heterocycles. The molecule has 3 N–H and O–H groups in total. The van der Waals surface area contributed by atoms with Crippen LogP contribution >= 0.6 is 0 Å². The van der Waals surface area contributed by atoms with Crippen molar-refractivity contribution in [3.05, 3.63) is 95.5 Å². The highest BCUT2D eigenvalue weighted by molar-refractivity contribution is 5.95. The van der Waals surface area contributed by atoms with Crippen molar-refractivity contribution in [1.82, 2.24) is 14.1 Å². The second kappa shape index (κ2) is 10.4. The zero-order valence-electron chi connectivity index (χ0n) is 18.5. The van der Waals surface area contributed by atoms with Crippen LogP contribution in [0, 0.1) is 10.1 Å². The topological polar surface area (TPSA) is 166 Å². The number of nitro groups is 1. The first-order valence-electron chi connectivity index (χ1n) is 10.5. The number of nitrogen functional groups attached to an aromatic ring is 1. The molecule has 3 rings (SSSR count). The minimum Gasteiger partial charge on any atom is -0.383 e. The zero-order valence-corrected chi connectivity index (χ0v) is 18.5. The summed E-state index contributed by atoms with van der Waals surface area (Å²) in [6.45, 7) is 1.49. The van der Waals surface area contributed by atoms with Crippen LogP contribution in [0.5, 0.6) is 0 Å². The lowest BCUT2D eigenvalue weighted by Gasteiger charge is -2.24. The summed E-state index contributed by atoms with van der Waals surface area (Å²) in [5.41, 5.74) is 4.21. The highest BCUT2D eigenvalue weighted by Crippen LogP contribution is 2.19. The molecule has 0 aliphatic rings. The minimum atomic E-state index is -0.845. The maximum atomic E-state index is 13.2. The van der Waals surface area contributed by atoms with Crippen molar-refractivity contribution in [2.75, 3.05) is 17.2 Å². The van der Waals surface area contributed by atoms with E-state index in [-0.39, 0.29) is 30.3 Å². The van der Waals surface area contributed by atoms with E-state index in [9.17, 15) is 29.3 Å². The molecule has 0 unspecified atom stereocenters. The van der Waals surface area contributed by atoms with Crippen LogP contribution in [0.25, 0.3) is 0 Å². The van der Waals surface area contributed by atoms with Crippen LogP contribution in [-0.2, 0) is 17.9 Å². The van der Waals surface area contributed by atoms with Gasteiger partial charge in [0.1, 0.15) is 12.4 Å². The molecular formula is C22H24N6O6. The lowest BCUT2D eigenvalue weighted by molar-refractivity contribution is -0.385. The number of hydrogen-bond acceptors (Lipinski definition) is 7. The fraction of sp³-hybridized carbons (Fsp3) is 0.273. The molecule has 0 saturated carbocycles. The molecule has 1 amide bonds. The molecular weight excluding hydrogens is 444 g/mol. The van der Waals surface area contributed by atoms with Crippen molar-refractivity contribution in [2.24, 2.45) is 0 Å². The SMILES string of the molecule is CCCCN(C(=O)Cn1cc([N+](=O)[O-])ccc1=O)c1c(N)n(Cc2ccccc2)c(=O)[nH]c1=O. The first kappa shape index (κ1) is 24.2. The molecule has 0 bridgehead atoms. The number of nitrogens with two attached hydrogens (primary N) is 1. The second-order valence-electron chi connectivity index (χ2n) is 7.57. The molecule has 0 spiro atoms. The van der Waals surface area contributed by atoms with Gasteiger partial charge in [-0.3, -0.25) is 38.6 Å². The third-order valence-electron chi connectivity index (χ3n) is 5.19. The van der Waals surface area contributed by atoms with E-state index in [2.05, 4.69) is 4.98 Å². The summed E-state index contributed by atoms with van der Waals surface area (Å²) in [4.78, 5) is 64.3. The smallest absolute Gasteiger partial charge is 0.330 e. The van der Waals surface area contributed by atoms with Crippen LogP contribution < -0.4 is 27.4 Å². The first-order chi connectivity index (χ1) is 16.2. The number of nitrogens with one attached hydrogen (secondary N) is 1. The molecule has 1 aromatic carbocycles. The number of aromatic amines is 1. The summed E-state index contributed by atoms with van der Waals surface area (Å²) in [7, 11) is 0. The Labute approximate surface area is 193 Å². The number of rotatable bonds is 9. The minimum absolute atomic E-state index is 0.0649. The van der Waals surface area contributed by atoms with E-state index >= 15 is 0 Å². The van der Waals surface area contributed by atoms with Crippen molar-refractivity contribution in [3.63, 3.8) is 0 Å². The van der Waals surface area contributed by atoms with Gasteiger partial charge in [-0.15, -0.1) is 0 Å². The number of aromatic nitrogens is 3. The quantitative estimate of drug-likeness (QED) is 0.350. The number of H-pyrrole nitrogens is 1. The summed E-state index contributed by atoms with van der Waals surface area (Å²) in [5, 5.41) is 11.1. The molecule has 178 valence electrons. The molecule has 0 aliphatic heterocycles. The fourth-order valence-electron chi connectivity index (χ4n) is 3.42. The third-order valence-corrected chi connectivity index (χ3v) is 5.19. The largest absolute Gasteiger partial charge is 0.383 e. The summed E-state index contributed by atoms with van der Waals surface area (Å²) in [5.74, 6) is -0.883. The number of pyridine rings is 1. The van der Waals surface area contributed by atoms with Crippen molar-refractivity contribution >= 4 is 23.1 Å². The van der Waals surface area contributed by atoms with Crippen LogP contribution in [0.3, 0.4) is 0 Å². The Balaban J connectivity index is 2.05. The van der Waals surface area contributed by atoms with Gasteiger partial charge < -0.3 is 10.6 Å². The van der Waals surface area contributed by atoms with Crippen molar-refractivity contribution in [3.8, 4) is 0 Å². The molecule has 12 heteroatoms. The average Bonchev–Trinajstić information content (AvgIpc) is 2.80. The number of amides is 1. The summed E-state index contributed by atoms with van der Waals surface area (Å²) < 4.78 is 2.04. The van der Waals surface area contributed by atoms with E-state index < -0.39 is 34.2 Å². The van der Waals surface area contributed by atoms with E-state index in [4.69, 9.17) is 5.73 Å². The fourth-order valence-corrected chi connectivity index (χ4v) is 3.42. The normalized spacial score (nSPS) is 10.7. The van der Waals surface area contributed by atoms with Gasteiger partial charge in [0.25, 0.3) is 16.8 Å². The van der Waals surface area contributed by atoms with Gasteiger partial charge in [-0.25, -0.2) is 4.79 Å². The van der Waals surface area contributed by atoms with Crippen molar-refractivity contribution in [1.29, 1.82) is 0 Å². The predicted molar refractivity (Wildman–Crippen MR) is 126 cm³/mol. The molecule has 34 heavy (non-hydrogen) atoms. The molecule has 0 fully saturated rings. The number of carbonyl (C=O) groups excluding carboxylic acids is 1. The Hall–Kier alpha value is -4.48. The van der Waals surface area contributed by atoms with Gasteiger partial charge in [0.05, 0.1) is 17.7 Å². The molecule has 2 aromatic heterocycles. The molecule has 12 nitrogen and oxygen atoms in total. The number of anilines is 2. The summed E-state index contributed by atoms with van der Waals surface area (Å²) >= 11 is 0. The van der Waals surface area contributed by atoms with Gasteiger partial charge in [-0.05, 0) is 12.0 Å². The van der Waals surface area contributed by atoms with Crippen LogP contribution in [-0.4, -0.2) is 31.5 Å². The molecule has 0 radical (unpaired) electrons. The molecule has 0 aliphatic carbocycles. The van der Waals surface area contributed by atoms with Gasteiger partial charge in [0, 0.05) is 18.7 Å². The Morgan fingerprint density at radius 2 is 1.85 bits per heavy atom. The summed E-state index contributed by atoms with van der Waals surface area (Å²) in [6.07, 6.45) is 2.15. The third kappa shape index (κ3) is 5.28. The van der Waals surface area contributed by atoms with Crippen LogP contribution in [0.2, 0.25) is 0 Å². The van der Waals surface area contributed by atoms with E-state index in [1.165, 1.54) is 0 Å². The monoisotopic (exact) mass is 468 g/mol. The Kier molecular flexibility index (Phi) is 7.41.